The minimum absolute atomic E-state index is 0.0658. The van der Waals surface area contributed by atoms with Crippen LogP contribution in [0.3, 0.4) is 0 Å². The first-order valence-electron chi connectivity index (χ1n) is 21.7. The van der Waals surface area contributed by atoms with Gasteiger partial charge < -0.3 is 13.7 Å². The molecule has 7 nitrogen and oxygen atoms in total. The Morgan fingerprint density at radius 2 is 1.12 bits per heavy atom. The molecule has 5 heterocycles. The molecule has 1 unspecified atom stereocenters. The molecule has 7 heteroatoms. The van der Waals surface area contributed by atoms with Crippen LogP contribution in [-0.2, 0) is 0 Å². The summed E-state index contributed by atoms with van der Waals surface area (Å²) in [4.78, 5) is 18.4. The Kier molecular flexibility index (Phi) is 7.39. The van der Waals surface area contributed by atoms with Gasteiger partial charge in [0.15, 0.2) is 11.6 Å². The standard InChI is InChI=1S/C57H35N5O2/c1-3-16-34(17-4-1)36-30-49(53-41-23-10-14-29-51(41)63-52(53)31-36)61-45-26-11-7-20-37(45)43-32-44-38-21-8-12-27-46(38)62(48(44)33-47(43)61)57-59-55(35-18-5-2-6-19-35)58-56(60-57)42-25-15-24-40-39-22-9-13-28-50(39)64-54(40)42/h1-33,43,47H/t43?,47-/m1/s1. The van der Waals surface area contributed by atoms with E-state index in [1.165, 1.54) is 11.3 Å². The topological polar surface area (TPSA) is 73.1 Å². The van der Waals surface area contributed by atoms with Gasteiger partial charge in [0.25, 0.3) is 0 Å². The molecule has 8 aromatic carbocycles. The fourth-order valence-electron chi connectivity index (χ4n) is 10.4. The van der Waals surface area contributed by atoms with Crippen molar-refractivity contribution in [3.63, 3.8) is 0 Å². The van der Waals surface area contributed by atoms with Crippen molar-refractivity contribution in [2.45, 2.75) is 12.0 Å². The predicted octanol–water partition coefficient (Wildman–Crippen LogP) is 12.5. The van der Waals surface area contributed by atoms with Gasteiger partial charge in [-0.25, -0.2) is 4.98 Å². The van der Waals surface area contributed by atoms with Crippen LogP contribution in [0.15, 0.2) is 197 Å². The molecule has 0 radical (unpaired) electrons. The number of aromatic nitrogens is 4. The second-order valence-electron chi connectivity index (χ2n) is 16.7. The average molecular weight is 822 g/mol. The van der Waals surface area contributed by atoms with Gasteiger partial charge in [-0.05, 0) is 65.2 Å². The van der Waals surface area contributed by atoms with Crippen LogP contribution in [-0.4, -0.2) is 25.6 Å². The Hall–Kier alpha value is -8.55. The van der Waals surface area contributed by atoms with Crippen LogP contribution < -0.4 is 15.5 Å². The molecule has 2 aliphatic rings. The summed E-state index contributed by atoms with van der Waals surface area (Å²) in [7, 11) is 0. The minimum Gasteiger partial charge on any atom is -0.456 e. The molecule has 1 aliphatic carbocycles. The minimum atomic E-state index is -0.0879. The van der Waals surface area contributed by atoms with Gasteiger partial charge >= 0.3 is 0 Å². The van der Waals surface area contributed by atoms with E-state index in [2.05, 4.69) is 161 Å². The summed E-state index contributed by atoms with van der Waals surface area (Å²) in [5.74, 6) is 1.73. The van der Waals surface area contributed by atoms with Gasteiger partial charge in [-0.1, -0.05) is 152 Å². The zero-order valence-electron chi connectivity index (χ0n) is 34.3. The van der Waals surface area contributed by atoms with Crippen LogP contribution in [0.1, 0.15) is 11.5 Å². The second-order valence-corrected chi connectivity index (χ2v) is 16.7. The fourth-order valence-corrected chi connectivity index (χ4v) is 10.4. The molecule has 0 bridgehead atoms. The van der Waals surface area contributed by atoms with Crippen molar-refractivity contribution in [1.29, 1.82) is 0 Å². The third-order valence-electron chi connectivity index (χ3n) is 13.2. The van der Waals surface area contributed by atoms with E-state index in [0.29, 0.717) is 17.6 Å². The van der Waals surface area contributed by atoms with Gasteiger partial charge in [-0.3, -0.25) is 4.57 Å². The van der Waals surface area contributed by atoms with Crippen molar-refractivity contribution < 1.29 is 8.83 Å². The van der Waals surface area contributed by atoms with E-state index < -0.39 is 0 Å². The van der Waals surface area contributed by atoms with Crippen molar-refractivity contribution in [1.82, 2.24) is 19.5 Å². The van der Waals surface area contributed by atoms with E-state index in [1.54, 1.807) is 0 Å². The highest BCUT2D eigenvalue weighted by atomic mass is 16.3. The number of benzene rings is 8. The third kappa shape index (κ3) is 5.12. The lowest BCUT2D eigenvalue weighted by Crippen LogP contribution is -2.40. The Bertz CT molecular complexity index is 4000. The lowest BCUT2D eigenvalue weighted by molar-refractivity contribution is 0.668. The number of hydrogen-bond donors (Lipinski definition) is 0. The molecule has 64 heavy (non-hydrogen) atoms. The molecule has 0 fully saturated rings. The molecule has 300 valence electrons. The van der Waals surface area contributed by atoms with Gasteiger partial charge in [-0.15, -0.1) is 0 Å². The van der Waals surface area contributed by atoms with E-state index in [1.807, 2.05) is 48.5 Å². The first-order valence-corrected chi connectivity index (χ1v) is 21.7. The summed E-state index contributed by atoms with van der Waals surface area (Å²) in [6.45, 7) is 0. The van der Waals surface area contributed by atoms with Crippen molar-refractivity contribution >= 4 is 78.3 Å². The number of nitrogens with zero attached hydrogens (tertiary/aromatic N) is 5. The van der Waals surface area contributed by atoms with Crippen molar-refractivity contribution in [2.75, 3.05) is 4.90 Å². The molecule has 0 saturated heterocycles. The normalized spacial score (nSPS) is 15.4. The molecule has 0 spiro atoms. The highest BCUT2D eigenvalue weighted by Crippen LogP contribution is 2.51. The van der Waals surface area contributed by atoms with Crippen LogP contribution in [0.4, 0.5) is 11.4 Å². The molecular formula is C57H35N5O2. The monoisotopic (exact) mass is 821 g/mol. The SMILES string of the molecule is C1=c2c(n(-c3nc(-c4ccccc4)nc(-c4cccc5c4oc4ccccc45)n3)c3ccccc23)=C[C@@H]2C1c1ccccc1N2c1cc(-c2ccccc2)cc2oc3ccccc3c12. The maximum atomic E-state index is 6.67. The molecule has 12 aromatic rings. The maximum absolute atomic E-state index is 6.67. The fraction of sp³-hybridized carbons (Fsp3) is 0.0351. The highest BCUT2D eigenvalue weighted by molar-refractivity contribution is 6.14. The molecule has 0 saturated carbocycles. The van der Waals surface area contributed by atoms with E-state index in [4.69, 9.17) is 23.8 Å². The van der Waals surface area contributed by atoms with E-state index in [-0.39, 0.29) is 12.0 Å². The Labute approximate surface area is 366 Å². The number of furan rings is 2. The first kappa shape index (κ1) is 35.1. The molecular weight excluding hydrogens is 787 g/mol. The van der Waals surface area contributed by atoms with E-state index in [0.717, 1.165) is 93.3 Å². The summed E-state index contributed by atoms with van der Waals surface area (Å²) in [6, 6.07) is 65.4. The van der Waals surface area contributed by atoms with Gasteiger partial charge in [0.1, 0.15) is 22.3 Å². The smallest absolute Gasteiger partial charge is 0.238 e. The molecule has 2 atom stereocenters. The number of rotatable bonds is 5. The summed E-state index contributed by atoms with van der Waals surface area (Å²) < 4.78 is 15.5. The van der Waals surface area contributed by atoms with Gasteiger partial charge in [0.05, 0.1) is 33.5 Å². The lowest BCUT2D eigenvalue weighted by atomic mass is 9.90. The quantitative estimate of drug-likeness (QED) is 0.172. The number of fused-ring (bicyclic) bond motifs is 12. The molecule has 14 rings (SSSR count). The number of anilines is 2. The van der Waals surface area contributed by atoms with Gasteiger partial charge in [-0.2, -0.15) is 9.97 Å². The predicted molar refractivity (Wildman–Crippen MR) is 257 cm³/mol. The second kappa shape index (κ2) is 13.5. The maximum Gasteiger partial charge on any atom is 0.238 e. The van der Waals surface area contributed by atoms with Crippen LogP contribution in [0, 0.1) is 0 Å². The van der Waals surface area contributed by atoms with Crippen LogP contribution in [0.2, 0.25) is 0 Å². The van der Waals surface area contributed by atoms with Crippen molar-refractivity contribution in [3.05, 3.63) is 204 Å². The highest BCUT2D eigenvalue weighted by Gasteiger charge is 2.40. The van der Waals surface area contributed by atoms with Crippen molar-refractivity contribution in [3.8, 4) is 39.9 Å². The first-order chi connectivity index (χ1) is 31.7. The molecule has 0 N–H and O–H groups in total. The Balaban J connectivity index is 1.04. The van der Waals surface area contributed by atoms with Gasteiger partial charge in [0, 0.05) is 43.9 Å². The molecule has 0 amide bonds. The van der Waals surface area contributed by atoms with Crippen LogP contribution >= 0.6 is 0 Å². The number of para-hydroxylation sites is 5. The van der Waals surface area contributed by atoms with Gasteiger partial charge in [0.2, 0.25) is 5.95 Å². The average Bonchev–Trinajstić information content (AvgIpc) is 4.11. The van der Waals surface area contributed by atoms with Crippen molar-refractivity contribution in [2.24, 2.45) is 0 Å². The summed E-state index contributed by atoms with van der Waals surface area (Å²) in [5, 5.41) is 7.59. The van der Waals surface area contributed by atoms with Crippen LogP contribution in [0.25, 0.3) is 107 Å². The zero-order chi connectivity index (χ0) is 41.9. The van der Waals surface area contributed by atoms with E-state index in [9.17, 15) is 0 Å². The Morgan fingerprint density at radius 3 is 1.97 bits per heavy atom. The van der Waals surface area contributed by atoms with E-state index >= 15 is 0 Å². The third-order valence-corrected chi connectivity index (χ3v) is 13.2. The lowest BCUT2D eigenvalue weighted by Gasteiger charge is -2.30. The summed E-state index contributed by atoms with van der Waals surface area (Å²) >= 11 is 0. The molecule has 4 aromatic heterocycles. The molecule has 1 aliphatic heterocycles. The zero-order valence-corrected chi connectivity index (χ0v) is 34.3. The van der Waals surface area contributed by atoms with Crippen LogP contribution in [0.5, 0.6) is 0 Å². The largest absolute Gasteiger partial charge is 0.456 e. The Morgan fingerprint density at radius 1 is 0.453 bits per heavy atom. The summed E-state index contributed by atoms with van der Waals surface area (Å²) in [5.41, 5.74) is 11.8. The summed E-state index contributed by atoms with van der Waals surface area (Å²) in [6.07, 6.45) is 4.91. The number of hydrogen-bond acceptors (Lipinski definition) is 6.